The van der Waals surface area contributed by atoms with Crippen molar-refractivity contribution in [2.24, 2.45) is 0 Å². The van der Waals surface area contributed by atoms with E-state index in [1.807, 2.05) is 0 Å². The van der Waals surface area contributed by atoms with E-state index in [9.17, 15) is 13.6 Å². The van der Waals surface area contributed by atoms with Gasteiger partial charge in [0.25, 0.3) is 12.3 Å². The molecule has 0 fully saturated rings. The largest absolute Gasteiger partial charge is 0.390 e. The molecule has 8 heteroatoms. The third-order valence-corrected chi connectivity index (χ3v) is 2.40. The van der Waals surface area contributed by atoms with Gasteiger partial charge in [-0.3, -0.25) is 9.78 Å². The monoisotopic (exact) mass is 268 g/mol. The predicted octanol–water partition coefficient (Wildman–Crippen LogP) is 1.49. The fourth-order valence-electron chi connectivity index (χ4n) is 1.47. The van der Waals surface area contributed by atoms with Crippen LogP contribution >= 0.6 is 0 Å². The molecule has 0 unspecified atom stereocenters. The number of amides is 1. The molecule has 2 heterocycles. The van der Waals surface area contributed by atoms with Crippen LogP contribution in [0, 0.1) is 0 Å². The number of H-pyrrole nitrogens is 1. The quantitative estimate of drug-likeness (QED) is 0.783. The SMILES string of the molecule is O=C(Nc1cnc[nH]1)c1cnc(CO)c(C(F)F)c1. The summed E-state index contributed by atoms with van der Waals surface area (Å²) in [6, 6.07) is 1.01. The highest BCUT2D eigenvalue weighted by Crippen LogP contribution is 2.23. The Labute approximate surface area is 106 Å². The summed E-state index contributed by atoms with van der Waals surface area (Å²) < 4.78 is 25.5. The van der Waals surface area contributed by atoms with Gasteiger partial charge in [-0.15, -0.1) is 0 Å². The lowest BCUT2D eigenvalue weighted by Gasteiger charge is -2.08. The number of hydrogen-bond donors (Lipinski definition) is 3. The smallest absolute Gasteiger partial charge is 0.265 e. The van der Waals surface area contributed by atoms with Crippen molar-refractivity contribution in [3.63, 3.8) is 0 Å². The number of hydrogen-bond acceptors (Lipinski definition) is 4. The second-order valence-corrected chi connectivity index (χ2v) is 3.64. The van der Waals surface area contributed by atoms with E-state index < -0.39 is 24.5 Å². The molecule has 100 valence electrons. The first kappa shape index (κ1) is 13.1. The summed E-state index contributed by atoms with van der Waals surface area (Å²) in [5.41, 5.74) is -0.630. The maximum absolute atomic E-state index is 12.7. The molecule has 0 radical (unpaired) electrons. The highest BCUT2D eigenvalue weighted by molar-refractivity contribution is 6.03. The van der Waals surface area contributed by atoms with Gasteiger partial charge in [0.05, 0.1) is 30.4 Å². The van der Waals surface area contributed by atoms with Crippen LogP contribution in [-0.4, -0.2) is 26.0 Å². The van der Waals surface area contributed by atoms with Crippen molar-refractivity contribution < 1.29 is 18.7 Å². The minimum Gasteiger partial charge on any atom is -0.390 e. The van der Waals surface area contributed by atoms with E-state index in [-0.39, 0.29) is 11.3 Å². The van der Waals surface area contributed by atoms with E-state index in [0.29, 0.717) is 5.82 Å². The van der Waals surface area contributed by atoms with Gasteiger partial charge in [-0.25, -0.2) is 13.8 Å². The lowest BCUT2D eigenvalue weighted by atomic mass is 10.1. The Morgan fingerprint density at radius 2 is 2.26 bits per heavy atom. The molecule has 0 bridgehead atoms. The lowest BCUT2D eigenvalue weighted by molar-refractivity contribution is 0.102. The van der Waals surface area contributed by atoms with Gasteiger partial charge in [0.1, 0.15) is 5.82 Å². The number of aliphatic hydroxyl groups is 1. The standard InChI is InChI=1S/C11H10F2N4O2/c12-10(13)7-1-6(2-15-8(7)4-18)11(19)17-9-3-14-5-16-9/h1-3,5,10,18H,4H2,(H,14,16)(H,17,19). The number of nitrogens with zero attached hydrogens (tertiary/aromatic N) is 2. The first-order chi connectivity index (χ1) is 9.11. The van der Waals surface area contributed by atoms with Crippen LogP contribution in [0.3, 0.4) is 0 Å². The predicted molar refractivity (Wildman–Crippen MR) is 61.7 cm³/mol. The molecular formula is C11H10F2N4O2. The van der Waals surface area contributed by atoms with Crippen LogP contribution < -0.4 is 5.32 Å². The first-order valence-electron chi connectivity index (χ1n) is 5.29. The summed E-state index contributed by atoms with van der Waals surface area (Å²) in [6.07, 6.45) is 1.06. The van der Waals surface area contributed by atoms with Gasteiger partial charge in [0.2, 0.25) is 0 Å². The van der Waals surface area contributed by atoms with E-state index in [0.717, 1.165) is 12.3 Å². The number of rotatable bonds is 4. The topological polar surface area (TPSA) is 90.9 Å². The van der Waals surface area contributed by atoms with Crippen molar-refractivity contribution in [3.05, 3.63) is 41.6 Å². The van der Waals surface area contributed by atoms with Gasteiger partial charge in [-0.2, -0.15) is 0 Å². The van der Waals surface area contributed by atoms with E-state index >= 15 is 0 Å². The van der Waals surface area contributed by atoms with Gasteiger partial charge in [0, 0.05) is 11.8 Å². The normalized spacial score (nSPS) is 10.7. The zero-order chi connectivity index (χ0) is 13.8. The summed E-state index contributed by atoms with van der Waals surface area (Å²) in [5, 5.41) is 11.3. The highest BCUT2D eigenvalue weighted by atomic mass is 19.3. The number of carbonyl (C=O) groups is 1. The molecule has 1 amide bonds. The summed E-state index contributed by atoms with van der Waals surface area (Å²) in [6.45, 7) is -0.609. The second kappa shape index (κ2) is 5.53. The Balaban J connectivity index is 2.25. The Morgan fingerprint density at radius 1 is 1.47 bits per heavy atom. The number of aromatic amines is 1. The fourth-order valence-corrected chi connectivity index (χ4v) is 1.47. The number of aliphatic hydroxyl groups excluding tert-OH is 1. The third-order valence-electron chi connectivity index (χ3n) is 2.40. The minimum atomic E-state index is -2.81. The number of alkyl halides is 2. The molecule has 2 aromatic rings. The molecule has 6 nitrogen and oxygen atoms in total. The van der Waals surface area contributed by atoms with Crippen LogP contribution in [0.15, 0.2) is 24.8 Å². The zero-order valence-electron chi connectivity index (χ0n) is 9.60. The maximum atomic E-state index is 12.7. The summed E-state index contributed by atoms with van der Waals surface area (Å²) in [4.78, 5) is 21.8. The number of anilines is 1. The van der Waals surface area contributed by atoms with Crippen molar-refractivity contribution in [1.82, 2.24) is 15.0 Å². The first-order valence-corrected chi connectivity index (χ1v) is 5.29. The molecule has 0 atom stereocenters. The van der Waals surface area contributed by atoms with Gasteiger partial charge in [-0.05, 0) is 6.07 Å². The van der Waals surface area contributed by atoms with Crippen LogP contribution in [0.2, 0.25) is 0 Å². The molecule has 3 N–H and O–H groups in total. The Morgan fingerprint density at radius 3 is 2.84 bits per heavy atom. The van der Waals surface area contributed by atoms with Crippen LogP contribution in [0.25, 0.3) is 0 Å². The maximum Gasteiger partial charge on any atom is 0.265 e. The van der Waals surface area contributed by atoms with E-state index in [1.54, 1.807) is 0 Å². The molecule has 0 aliphatic heterocycles. The van der Waals surface area contributed by atoms with Crippen LogP contribution in [0.1, 0.15) is 28.0 Å². The second-order valence-electron chi connectivity index (χ2n) is 3.64. The molecule has 0 aliphatic rings. The van der Waals surface area contributed by atoms with Gasteiger partial charge >= 0.3 is 0 Å². The van der Waals surface area contributed by atoms with Crippen molar-refractivity contribution in [1.29, 1.82) is 0 Å². The average molecular weight is 268 g/mol. The third kappa shape index (κ3) is 2.91. The van der Waals surface area contributed by atoms with Crippen molar-refractivity contribution >= 4 is 11.7 Å². The summed E-state index contributed by atoms with van der Waals surface area (Å²) in [7, 11) is 0. The van der Waals surface area contributed by atoms with Crippen molar-refractivity contribution in [3.8, 4) is 0 Å². The Kier molecular flexibility index (Phi) is 3.81. The molecule has 0 aliphatic carbocycles. The van der Waals surface area contributed by atoms with Gasteiger partial charge in [0.15, 0.2) is 0 Å². The van der Waals surface area contributed by atoms with E-state index in [2.05, 4.69) is 20.3 Å². The highest BCUT2D eigenvalue weighted by Gasteiger charge is 2.17. The molecular weight excluding hydrogens is 258 g/mol. The molecule has 2 rings (SSSR count). The average Bonchev–Trinajstić information content (AvgIpc) is 2.90. The number of aromatic nitrogens is 3. The molecule has 0 saturated heterocycles. The Hall–Kier alpha value is -2.35. The van der Waals surface area contributed by atoms with E-state index in [4.69, 9.17) is 5.11 Å². The van der Waals surface area contributed by atoms with Crippen LogP contribution in [0.4, 0.5) is 14.6 Å². The van der Waals surface area contributed by atoms with Crippen molar-refractivity contribution in [2.45, 2.75) is 13.0 Å². The van der Waals surface area contributed by atoms with Gasteiger partial charge in [-0.1, -0.05) is 0 Å². The molecule has 0 saturated carbocycles. The molecule has 19 heavy (non-hydrogen) atoms. The van der Waals surface area contributed by atoms with Crippen LogP contribution in [0.5, 0.6) is 0 Å². The lowest BCUT2D eigenvalue weighted by Crippen LogP contribution is -2.14. The van der Waals surface area contributed by atoms with Crippen molar-refractivity contribution in [2.75, 3.05) is 5.32 Å². The number of carbonyl (C=O) groups excluding carboxylic acids is 1. The number of halogens is 2. The summed E-state index contributed by atoms with van der Waals surface area (Å²) in [5.74, 6) is -0.252. The molecule has 2 aromatic heterocycles. The Bertz CT molecular complexity index is 572. The number of pyridine rings is 1. The molecule has 0 spiro atoms. The van der Waals surface area contributed by atoms with E-state index in [1.165, 1.54) is 12.5 Å². The zero-order valence-corrected chi connectivity index (χ0v) is 9.60. The van der Waals surface area contributed by atoms with Gasteiger partial charge < -0.3 is 15.4 Å². The summed E-state index contributed by atoms with van der Waals surface area (Å²) >= 11 is 0. The van der Waals surface area contributed by atoms with Crippen LogP contribution in [-0.2, 0) is 6.61 Å². The fraction of sp³-hybridized carbons (Fsp3) is 0.182. The number of imidazole rings is 1. The minimum absolute atomic E-state index is 0.0258. The number of nitrogens with one attached hydrogen (secondary N) is 2. The molecule has 0 aromatic carbocycles.